The quantitative estimate of drug-likeness (QED) is 0.215. The van der Waals surface area contributed by atoms with Crippen LogP contribution in [0.25, 0.3) is 0 Å². The Morgan fingerprint density at radius 1 is 1.36 bits per heavy atom. The second kappa shape index (κ2) is 7.12. The molecule has 0 radical (unpaired) electrons. The van der Waals surface area contributed by atoms with E-state index in [2.05, 4.69) is 19.5 Å². The average Bonchev–Trinajstić information content (AvgIpc) is 2.03. The van der Waals surface area contributed by atoms with Crippen LogP contribution in [0, 0.1) is 0 Å². The zero-order valence-corrected chi connectivity index (χ0v) is 8.27. The summed E-state index contributed by atoms with van der Waals surface area (Å²) in [5.41, 5.74) is 0. The average molecular weight is 281 g/mol. The second-order valence-electron chi connectivity index (χ2n) is 1.16. The molecule has 0 rings (SSSR count). The van der Waals surface area contributed by atoms with Gasteiger partial charge in [0.15, 0.2) is 0 Å². The van der Waals surface area contributed by atoms with E-state index in [4.69, 9.17) is 5.11 Å². The molecule has 0 heterocycles. The Morgan fingerprint density at radius 2 is 2.00 bits per heavy atom. The van der Waals surface area contributed by atoms with Crippen molar-refractivity contribution in [2.24, 2.45) is 0 Å². The fraction of sp³-hybridized carbons (Fsp3) is 1.00. The molecule has 0 unspecified atom stereocenters. The molecular weight excluding hydrogens is 271 g/mol. The number of rotatable bonds is 6. The molecule has 7 nitrogen and oxygen atoms in total. The van der Waals surface area contributed by atoms with Crippen LogP contribution in [0.5, 0.6) is 0 Å². The normalized spacial score (nSPS) is 11.5. The van der Waals surface area contributed by atoms with Crippen LogP contribution in [0.15, 0.2) is 0 Å². The molecule has 2 N–H and O–H groups in total. The Kier molecular flexibility index (Phi) is 7.41. The number of nitrogens with zero attached hydrogens (tertiary/aromatic N) is 2. The Morgan fingerprint density at radius 3 is 2.36 bits per heavy atom. The second-order valence-corrected chi connectivity index (χ2v) is 1.94. The summed E-state index contributed by atoms with van der Waals surface area (Å²) in [5, 5.41) is 7.29. The Bertz CT molecular complexity index is 95.8. The molecule has 0 atom stereocenters. The van der Waals surface area contributed by atoms with Crippen molar-refractivity contribution in [1.82, 2.24) is 8.83 Å². The Hall–Kier alpha value is 0.450. The Balaban J connectivity index is 3.49. The first kappa shape index (κ1) is 11.4. The minimum atomic E-state index is -0.304. The summed E-state index contributed by atoms with van der Waals surface area (Å²) in [6.45, 7) is -0.304. The van der Waals surface area contributed by atoms with E-state index >= 15 is 0 Å². The maximum absolute atomic E-state index is 6.65. The van der Waals surface area contributed by atoms with Crippen LogP contribution in [0.2, 0.25) is 0 Å². The van der Waals surface area contributed by atoms with Crippen molar-refractivity contribution >= 4 is 22.9 Å². The molecule has 0 aliphatic heterocycles. The zero-order chi connectivity index (χ0) is 8.69. The molecule has 0 saturated carbocycles. The van der Waals surface area contributed by atoms with E-state index in [9.17, 15) is 0 Å². The van der Waals surface area contributed by atoms with Crippen LogP contribution in [0.3, 0.4) is 0 Å². The summed E-state index contributed by atoms with van der Waals surface area (Å²) in [4.78, 5) is 18.2. The smallest absolute Gasteiger partial charge is 0.275 e. The number of hydrogen-bond acceptors (Lipinski definition) is 6. The Labute approximate surface area is 77.6 Å². The maximum Gasteiger partial charge on any atom is 0.275 e. The van der Waals surface area contributed by atoms with Gasteiger partial charge in [-0.15, -0.1) is 4.94 Å². The van der Waals surface area contributed by atoms with Crippen molar-refractivity contribution in [2.45, 2.75) is 0 Å². The summed E-state index contributed by atoms with van der Waals surface area (Å²) >= 11 is 1.71. The van der Waals surface area contributed by atoms with Gasteiger partial charge in [0.1, 0.15) is 5.39 Å². The van der Waals surface area contributed by atoms with Crippen molar-refractivity contribution in [3.8, 4) is 0 Å². The number of halogens is 1. The van der Waals surface area contributed by atoms with E-state index in [0.717, 1.165) is 3.44 Å². The molecule has 0 aromatic carbocycles. The van der Waals surface area contributed by atoms with E-state index in [1.54, 1.807) is 22.9 Å². The lowest BCUT2D eigenvalue weighted by Gasteiger charge is -2.17. The van der Waals surface area contributed by atoms with Crippen LogP contribution in [-0.4, -0.2) is 34.9 Å². The van der Waals surface area contributed by atoms with E-state index < -0.39 is 0 Å². The summed E-state index contributed by atoms with van der Waals surface area (Å²) < 4.78 is 0.969. The monoisotopic (exact) mass is 281 g/mol. The molecule has 0 saturated heterocycles. The van der Waals surface area contributed by atoms with Gasteiger partial charge in [0, 0.05) is 3.44 Å². The third kappa shape index (κ3) is 5.69. The molecule has 0 aliphatic carbocycles. The molecule has 8 heteroatoms. The molecule has 0 aliphatic rings. The van der Waals surface area contributed by atoms with E-state index in [-0.39, 0.29) is 6.79 Å². The predicted molar refractivity (Wildman–Crippen MR) is 42.4 cm³/mol. The third-order valence-corrected chi connectivity index (χ3v) is 1.16. The number of hydrogen-bond donors (Lipinski definition) is 0. The molecular formula is C3H10IN2O5+. The third-order valence-electron chi connectivity index (χ3n) is 0.593. The molecule has 0 fully saturated rings. The van der Waals surface area contributed by atoms with Gasteiger partial charge in [-0.3, -0.25) is 9.68 Å². The first-order valence-corrected chi connectivity index (χ1v) is 3.51. The summed E-state index contributed by atoms with van der Waals surface area (Å²) in [5.74, 6) is 0. The highest BCUT2D eigenvalue weighted by molar-refractivity contribution is 14.1. The van der Waals surface area contributed by atoms with Crippen molar-refractivity contribution in [3.63, 3.8) is 0 Å². The van der Waals surface area contributed by atoms with Gasteiger partial charge < -0.3 is 5.11 Å². The van der Waals surface area contributed by atoms with Crippen molar-refractivity contribution in [2.75, 3.05) is 21.0 Å². The molecule has 0 spiro atoms. The van der Waals surface area contributed by atoms with Gasteiger partial charge in [-0.1, -0.05) is 0 Å². The maximum atomic E-state index is 6.65. The van der Waals surface area contributed by atoms with Crippen molar-refractivity contribution in [3.05, 3.63) is 0 Å². The van der Waals surface area contributed by atoms with Crippen LogP contribution >= 0.6 is 22.9 Å². The summed E-state index contributed by atoms with van der Waals surface area (Å²) in [6.07, 6.45) is 0. The van der Waals surface area contributed by atoms with Crippen LogP contribution in [0.1, 0.15) is 0 Å². The van der Waals surface area contributed by atoms with E-state index in [0.29, 0.717) is 5.39 Å². The van der Waals surface area contributed by atoms with Crippen molar-refractivity contribution in [1.29, 1.82) is 0 Å². The van der Waals surface area contributed by atoms with Gasteiger partial charge in [0.05, 0.1) is 37.1 Å². The largest absolute Gasteiger partial charge is 0.423 e. The summed E-state index contributed by atoms with van der Waals surface area (Å²) in [7, 11) is 2.73. The highest BCUT2D eigenvalue weighted by Crippen LogP contribution is 2.03. The highest BCUT2D eigenvalue weighted by Gasteiger charge is 2.10. The van der Waals surface area contributed by atoms with Gasteiger partial charge in [0.2, 0.25) is 0 Å². The summed E-state index contributed by atoms with van der Waals surface area (Å²) in [6, 6.07) is 0. The topological polar surface area (TPSA) is 66.3 Å². The van der Waals surface area contributed by atoms with Gasteiger partial charge in [0.25, 0.3) is 6.79 Å². The van der Waals surface area contributed by atoms with E-state index in [1.165, 1.54) is 14.2 Å². The first-order chi connectivity index (χ1) is 5.24. The van der Waals surface area contributed by atoms with Crippen molar-refractivity contribution < 1.29 is 24.6 Å². The van der Waals surface area contributed by atoms with Crippen LogP contribution < -0.4 is 0 Å². The van der Waals surface area contributed by atoms with Gasteiger partial charge in [-0.25, -0.2) is 0 Å². The molecule has 0 aromatic heterocycles. The van der Waals surface area contributed by atoms with Crippen LogP contribution in [-0.2, 0) is 19.5 Å². The van der Waals surface area contributed by atoms with Gasteiger partial charge >= 0.3 is 0 Å². The lowest BCUT2D eigenvalue weighted by atomic mass is 11.5. The lowest BCUT2D eigenvalue weighted by molar-refractivity contribution is -0.592. The zero-order valence-electron chi connectivity index (χ0n) is 6.11. The molecule has 11 heavy (non-hydrogen) atoms. The lowest BCUT2D eigenvalue weighted by Crippen LogP contribution is -2.29. The van der Waals surface area contributed by atoms with Crippen LogP contribution in [0.4, 0.5) is 0 Å². The molecule has 0 amide bonds. The minimum Gasteiger partial charge on any atom is -0.423 e. The molecule has 68 valence electrons. The highest BCUT2D eigenvalue weighted by atomic mass is 127. The minimum absolute atomic E-state index is 0.304. The standard InChI is InChI=1S/C3H9IN2O5/c1-8-5(4)11-6(9-2)10-3-7/h7H,3H2,1-2H3/p+1. The first-order valence-electron chi connectivity index (χ1n) is 2.54. The van der Waals surface area contributed by atoms with E-state index in [1.807, 2.05) is 0 Å². The molecule has 0 bridgehead atoms. The SMILES string of the molecule is CON(I)ON(OC)OC[OH2+]. The predicted octanol–water partition coefficient (Wildman–Crippen LogP) is -0.477. The fourth-order valence-electron chi connectivity index (χ4n) is 0.248. The fourth-order valence-corrected chi connectivity index (χ4v) is 0.392. The molecule has 0 aromatic rings. The van der Waals surface area contributed by atoms with Gasteiger partial charge in [-0.05, 0) is 0 Å². The van der Waals surface area contributed by atoms with Gasteiger partial charge in [-0.2, -0.15) is 4.84 Å².